The van der Waals surface area contributed by atoms with Crippen LogP contribution in [0.15, 0.2) is 48.6 Å². The standard InChI is InChI=1S/C20H21NO4/c1-11(2)10-15-20-9-8-14(25-20)16(19(23)24)17(20)18(22)21(15)13-7-5-4-6-12(13)3/h4-9,14-17H,1,10H2,2-3H3,(H,23,24)/t14-,15+,16-,17+,20-/m1/s1. The van der Waals surface area contributed by atoms with Gasteiger partial charge in [-0.1, -0.05) is 35.9 Å². The van der Waals surface area contributed by atoms with Gasteiger partial charge in [0.1, 0.15) is 11.5 Å². The molecule has 3 heterocycles. The van der Waals surface area contributed by atoms with Crippen LogP contribution in [-0.2, 0) is 14.3 Å². The third-order valence-electron chi connectivity index (χ3n) is 5.62. The predicted molar refractivity (Wildman–Crippen MR) is 93.2 cm³/mol. The molecule has 0 aliphatic carbocycles. The number of hydrogen-bond acceptors (Lipinski definition) is 3. The van der Waals surface area contributed by atoms with Crippen molar-refractivity contribution in [3.8, 4) is 0 Å². The van der Waals surface area contributed by atoms with Crippen LogP contribution in [0.2, 0.25) is 0 Å². The molecule has 0 saturated carbocycles. The van der Waals surface area contributed by atoms with E-state index >= 15 is 0 Å². The molecule has 3 aliphatic rings. The number of para-hydroxylation sites is 1. The Morgan fingerprint density at radius 2 is 2.12 bits per heavy atom. The Labute approximate surface area is 146 Å². The van der Waals surface area contributed by atoms with Crippen LogP contribution < -0.4 is 4.90 Å². The molecule has 0 unspecified atom stereocenters. The molecule has 1 aromatic rings. The fourth-order valence-corrected chi connectivity index (χ4v) is 4.63. The highest BCUT2D eigenvalue weighted by Gasteiger charge is 2.71. The van der Waals surface area contributed by atoms with Crippen LogP contribution in [0.4, 0.5) is 5.69 Å². The summed E-state index contributed by atoms with van der Waals surface area (Å²) in [4.78, 5) is 26.9. The summed E-state index contributed by atoms with van der Waals surface area (Å²) in [5.41, 5.74) is 1.84. The van der Waals surface area contributed by atoms with E-state index in [1.807, 2.05) is 44.2 Å². The number of carbonyl (C=O) groups excluding carboxylic acids is 1. The van der Waals surface area contributed by atoms with Gasteiger partial charge in [0.2, 0.25) is 5.91 Å². The van der Waals surface area contributed by atoms with Crippen LogP contribution in [0.1, 0.15) is 18.9 Å². The van der Waals surface area contributed by atoms with Crippen molar-refractivity contribution in [1.29, 1.82) is 0 Å². The molecule has 5 nitrogen and oxygen atoms in total. The lowest BCUT2D eigenvalue weighted by molar-refractivity contribution is -0.146. The molecule has 4 rings (SSSR count). The van der Waals surface area contributed by atoms with Gasteiger partial charge < -0.3 is 14.7 Å². The third kappa shape index (κ3) is 2.05. The van der Waals surface area contributed by atoms with Crippen molar-refractivity contribution in [2.24, 2.45) is 11.8 Å². The number of hydrogen-bond donors (Lipinski definition) is 1. The molecule has 1 spiro atoms. The minimum Gasteiger partial charge on any atom is -0.481 e. The van der Waals surface area contributed by atoms with Crippen LogP contribution in [-0.4, -0.2) is 34.7 Å². The van der Waals surface area contributed by atoms with Crippen LogP contribution in [0.25, 0.3) is 0 Å². The zero-order valence-electron chi connectivity index (χ0n) is 14.3. The van der Waals surface area contributed by atoms with Crippen LogP contribution in [0.3, 0.4) is 0 Å². The fourth-order valence-electron chi connectivity index (χ4n) is 4.63. The first-order valence-electron chi connectivity index (χ1n) is 8.50. The first kappa shape index (κ1) is 16.1. The molecule has 2 fully saturated rings. The first-order chi connectivity index (χ1) is 11.9. The van der Waals surface area contributed by atoms with Gasteiger partial charge in [0.25, 0.3) is 0 Å². The van der Waals surface area contributed by atoms with Crippen molar-refractivity contribution in [1.82, 2.24) is 0 Å². The number of carboxylic acid groups (broad SMARTS) is 1. The second-order valence-electron chi connectivity index (χ2n) is 7.31. The summed E-state index contributed by atoms with van der Waals surface area (Å²) in [5.74, 6) is -2.67. The Balaban J connectivity index is 1.87. The van der Waals surface area contributed by atoms with E-state index in [4.69, 9.17) is 4.74 Å². The molecule has 1 amide bonds. The second-order valence-corrected chi connectivity index (χ2v) is 7.31. The summed E-state index contributed by atoms with van der Waals surface area (Å²) in [7, 11) is 0. The molecule has 2 saturated heterocycles. The largest absolute Gasteiger partial charge is 0.481 e. The van der Waals surface area contributed by atoms with Crippen molar-refractivity contribution in [3.05, 3.63) is 54.1 Å². The highest BCUT2D eigenvalue weighted by molar-refractivity contribution is 6.03. The molecule has 5 atom stereocenters. The first-order valence-corrected chi connectivity index (χ1v) is 8.50. The van der Waals surface area contributed by atoms with Gasteiger partial charge in [-0.2, -0.15) is 0 Å². The number of benzene rings is 1. The molecule has 2 bridgehead atoms. The molecular weight excluding hydrogens is 318 g/mol. The van der Waals surface area contributed by atoms with E-state index < -0.39 is 29.5 Å². The normalized spacial score (nSPS) is 35.3. The number of aryl methyl sites for hydroxylation is 1. The number of anilines is 1. The lowest BCUT2D eigenvalue weighted by Crippen LogP contribution is -2.45. The van der Waals surface area contributed by atoms with Gasteiger partial charge in [0.15, 0.2) is 0 Å². The molecule has 0 radical (unpaired) electrons. The van der Waals surface area contributed by atoms with Crippen LogP contribution >= 0.6 is 0 Å². The van der Waals surface area contributed by atoms with E-state index in [0.717, 1.165) is 16.8 Å². The van der Waals surface area contributed by atoms with Crippen molar-refractivity contribution in [3.63, 3.8) is 0 Å². The van der Waals surface area contributed by atoms with Gasteiger partial charge in [0.05, 0.1) is 18.1 Å². The Hall–Kier alpha value is -2.40. The Bertz CT molecular complexity index is 814. The van der Waals surface area contributed by atoms with Crippen molar-refractivity contribution in [2.75, 3.05) is 4.90 Å². The minimum absolute atomic E-state index is 0.167. The fraction of sp³-hybridized carbons (Fsp3) is 0.400. The Morgan fingerprint density at radius 1 is 1.40 bits per heavy atom. The minimum atomic E-state index is -0.977. The number of carboxylic acids is 1. The molecule has 5 heteroatoms. The molecule has 25 heavy (non-hydrogen) atoms. The van der Waals surface area contributed by atoms with Gasteiger partial charge in [-0.05, 0) is 31.9 Å². The maximum atomic E-state index is 13.4. The molecule has 1 N–H and O–H groups in total. The number of aliphatic carboxylic acids is 1. The number of ether oxygens (including phenoxy) is 1. The quantitative estimate of drug-likeness (QED) is 0.857. The third-order valence-corrected chi connectivity index (χ3v) is 5.62. The molecule has 130 valence electrons. The van der Waals surface area contributed by atoms with E-state index in [1.54, 1.807) is 11.0 Å². The molecular formula is C20H21NO4. The summed E-state index contributed by atoms with van der Waals surface area (Å²) in [5, 5.41) is 9.67. The maximum absolute atomic E-state index is 13.4. The van der Waals surface area contributed by atoms with E-state index in [1.165, 1.54) is 0 Å². The summed E-state index contributed by atoms with van der Waals surface area (Å²) in [6.45, 7) is 7.88. The topological polar surface area (TPSA) is 66.8 Å². The van der Waals surface area contributed by atoms with E-state index in [9.17, 15) is 14.7 Å². The van der Waals surface area contributed by atoms with E-state index in [-0.39, 0.29) is 11.9 Å². The lowest BCUT2D eigenvalue weighted by atomic mass is 9.74. The van der Waals surface area contributed by atoms with Gasteiger partial charge in [-0.15, -0.1) is 6.58 Å². The molecule has 3 aliphatic heterocycles. The van der Waals surface area contributed by atoms with E-state index in [0.29, 0.717) is 6.42 Å². The highest BCUT2D eigenvalue weighted by atomic mass is 16.5. The second kappa shape index (κ2) is 5.30. The zero-order valence-corrected chi connectivity index (χ0v) is 14.3. The van der Waals surface area contributed by atoms with Gasteiger partial charge in [0, 0.05) is 5.69 Å². The maximum Gasteiger partial charge on any atom is 0.310 e. The number of amides is 1. The number of fused-ring (bicyclic) bond motifs is 1. The predicted octanol–water partition coefficient (Wildman–Crippen LogP) is 2.70. The van der Waals surface area contributed by atoms with Crippen LogP contribution in [0.5, 0.6) is 0 Å². The zero-order chi connectivity index (χ0) is 17.9. The number of rotatable bonds is 4. The van der Waals surface area contributed by atoms with Crippen LogP contribution in [0, 0.1) is 18.8 Å². The smallest absolute Gasteiger partial charge is 0.310 e. The van der Waals surface area contributed by atoms with Crippen molar-refractivity contribution < 1.29 is 19.4 Å². The summed E-state index contributed by atoms with van der Waals surface area (Å²) >= 11 is 0. The lowest BCUT2D eigenvalue weighted by Gasteiger charge is -2.34. The highest BCUT2D eigenvalue weighted by Crippen LogP contribution is 2.57. The summed E-state index contributed by atoms with van der Waals surface area (Å²) in [6, 6.07) is 7.39. The molecule has 1 aromatic carbocycles. The molecule has 0 aromatic heterocycles. The monoisotopic (exact) mass is 339 g/mol. The average molecular weight is 339 g/mol. The SMILES string of the molecule is C=C(C)C[C@@H]1N(c2ccccc2C)C(=O)[C@@H]2[C@H](C(=O)O)[C@H]3C=C[C@]21O3. The van der Waals surface area contributed by atoms with Gasteiger partial charge >= 0.3 is 5.97 Å². The number of nitrogens with zero attached hydrogens (tertiary/aromatic N) is 1. The van der Waals surface area contributed by atoms with Crippen molar-refractivity contribution in [2.45, 2.75) is 38.0 Å². The number of carbonyl (C=O) groups is 2. The average Bonchev–Trinajstić information content (AvgIpc) is 3.18. The van der Waals surface area contributed by atoms with Crippen molar-refractivity contribution >= 4 is 17.6 Å². The van der Waals surface area contributed by atoms with Gasteiger partial charge in [-0.3, -0.25) is 9.59 Å². The Morgan fingerprint density at radius 3 is 2.76 bits per heavy atom. The van der Waals surface area contributed by atoms with Gasteiger partial charge in [-0.25, -0.2) is 0 Å². The van der Waals surface area contributed by atoms with E-state index in [2.05, 4.69) is 6.58 Å². The Kier molecular flexibility index (Phi) is 3.41. The summed E-state index contributed by atoms with van der Waals surface area (Å²) < 4.78 is 6.14. The summed E-state index contributed by atoms with van der Waals surface area (Å²) in [6.07, 6.45) is 3.75.